The van der Waals surface area contributed by atoms with Crippen molar-refractivity contribution in [2.24, 2.45) is 0 Å². The molecule has 100 valence electrons. The van der Waals surface area contributed by atoms with Crippen LogP contribution in [0.2, 0.25) is 0 Å². The molecule has 2 saturated heterocycles. The highest BCUT2D eigenvalue weighted by Gasteiger charge is 2.19. The van der Waals surface area contributed by atoms with Crippen LogP contribution in [0.4, 0.5) is 0 Å². The third-order valence-electron chi connectivity index (χ3n) is 4.35. The Morgan fingerprint density at radius 2 is 1.88 bits per heavy atom. The van der Waals surface area contributed by atoms with Crippen LogP contribution in [0.3, 0.4) is 0 Å². The smallest absolute Gasteiger partial charge is 0.0119 e. The monoisotopic (exact) mass is 239 g/mol. The number of rotatable bonds is 6. The number of hydrogen-bond acceptors (Lipinski definition) is 3. The predicted octanol–water partition coefficient (Wildman–Crippen LogP) is 1.55. The van der Waals surface area contributed by atoms with Crippen molar-refractivity contribution in [2.45, 2.75) is 45.1 Å². The van der Waals surface area contributed by atoms with Crippen LogP contribution in [0.15, 0.2) is 0 Å². The summed E-state index contributed by atoms with van der Waals surface area (Å²) < 4.78 is 0. The van der Waals surface area contributed by atoms with E-state index in [9.17, 15) is 0 Å². The van der Waals surface area contributed by atoms with E-state index in [-0.39, 0.29) is 0 Å². The maximum Gasteiger partial charge on any atom is 0.0119 e. The molecular weight excluding hydrogens is 210 g/mol. The van der Waals surface area contributed by atoms with Gasteiger partial charge in [0.2, 0.25) is 0 Å². The van der Waals surface area contributed by atoms with Gasteiger partial charge in [0.25, 0.3) is 0 Å². The Kier molecular flexibility index (Phi) is 5.75. The second kappa shape index (κ2) is 7.34. The first-order valence-electron chi connectivity index (χ1n) is 7.57. The fourth-order valence-corrected chi connectivity index (χ4v) is 3.27. The number of nitrogens with zero attached hydrogens (tertiary/aromatic N) is 2. The third-order valence-corrected chi connectivity index (χ3v) is 4.35. The Morgan fingerprint density at radius 3 is 2.53 bits per heavy atom. The lowest BCUT2D eigenvalue weighted by molar-refractivity contribution is 0.161. The normalized spacial score (nSPS) is 23.6. The zero-order chi connectivity index (χ0) is 11.9. The van der Waals surface area contributed by atoms with Gasteiger partial charge in [-0.15, -0.1) is 0 Å². The van der Waals surface area contributed by atoms with Crippen molar-refractivity contribution in [3.8, 4) is 0 Å². The SMILES string of the molecule is CCN(CCCN1CCCC1)C1CCNCC1. The molecule has 2 fully saturated rings. The zero-order valence-electron chi connectivity index (χ0n) is 11.5. The van der Waals surface area contributed by atoms with Crippen molar-refractivity contribution >= 4 is 0 Å². The van der Waals surface area contributed by atoms with Crippen LogP contribution in [0.1, 0.15) is 39.0 Å². The molecule has 0 bridgehead atoms. The lowest BCUT2D eigenvalue weighted by Crippen LogP contribution is -2.43. The Labute approximate surface area is 107 Å². The molecule has 2 aliphatic heterocycles. The molecule has 3 nitrogen and oxygen atoms in total. The molecule has 2 aliphatic rings. The van der Waals surface area contributed by atoms with Gasteiger partial charge in [-0.05, 0) is 77.9 Å². The summed E-state index contributed by atoms with van der Waals surface area (Å²) in [6, 6.07) is 0.847. The van der Waals surface area contributed by atoms with Crippen LogP contribution >= 0.6 is 0 Å². The summed E-state index contributed by atoms with van der Waals surface area (Å²) in [6.07, 6.45) is 6.89. The van der Waals surface area contributed by atoms with E-state index >= 15 is 0 Å². The Balaban J connectivity index is 1.63. The average molecular weight is 239 g/mol. The summed E-state index contributed by atoms with van der Waals surface area (Å²) >= 11 is 0. The van der Waals surface area contributed by atoms with E-state index in [1.807, 2.05) is 0 Å². The summed E-state index contributed by atoms with van der Waals surface area (Å²) in [4.78, 5) is 5.34. The summed E-state index contributed by atoms with van der Waals surface area (Å²) in [6.45, 7) is 11.3. The van der Waals surface area contributed by atoms with E-state index in [1.165, 1.54) is 77.9 Å². The van der Waals surface area contributed by atoms with Gasteiger partial charge < -0.3 is 15.1 Å². The van der Waals surface area contributed by atoms with Gasteiger partial charge in [0.05, 0.1) is 0 Å². The van der Waals surface area contributed by atoms with Crippen molar-refractivity contribution in [3.63, 3.8) is 0 Å². The van der Waals surface area contributed by atoms with Crippen molar-refractivity contribution in [1.29, 1.82) is 0 Å². The van der Waals surface area contributed by atoms with Gasteiger partial charge in [-0.25, -0.2) is 0 Å². The number of hydrogen-bond donors (Lipinski definition) is 1. The van der Waals surface area contributed by atoms with Gasteiger partial charge in [0.1, 0.15) is 0 Å². The van der Waals surface area contributed by atoms with Crippen molar-refractivity contribution in [1.82, 2.24) is 15.1 Å². The summed E-state index contributed by atoms with van der Waals surface area (Å²) in [5.41, 5.74) is 0. The Hall–Kier alpha value is -0.120. The molecule has 0 spiro atoms. The first-order chi connectivity index (χ1) is 8.40. The van der Waals surface area contributed by atoms with Gasteiger partial charge in [0.15, 0.2) is 0 Å². The summed E-state index contributed by atoms with van der Waals surface area (Å²) in [5.74, 6) is 0. The molecule has 17 heavy (non-hydrogen) atoms. The molecular formula is C14H29N3. The minimum Gasteiger partial charge on any atom is -0.317 e. The molecule has 0 radical (unpaired) electrons. The molecule has 2 heterocycles. The van der Waals surface area contributed by atoms with Gasteiger partial charge in [-0.3, -0.25) is 0 Å². The van der Waals surface area contributed by atoms with Crippen LogP contribution in [-0.4, -0.2) is 61.7 Å². The van der Waals surface area contributed by atoms with Crippen molar-refractivity contribution in [3.05, 3.63) is 0 Å². The number of likely N-dealkylation sites (tertiary alicyclic amines) is 1. The second-order valence-corrected chi connectivity index (χ2v) is 5.51. The third kappa shape index (κ3) is 4.23. The van der Waals surface area contributed by atoms with Crippen LogP contribution < -0.4 is 5.32 Å². The minimum absolute atomic E-state index is 0.847. The highest BCUT2D eigenvalue weighted by atomic mass is 15.2. The van der Waals surface area contributed by atoms with Crippen LogP contribution in [-0.2, 0) is 0 Å². The number of nitrogens with one attached hydrogen (secondary N) is 1. The molecule has 2 rings (SSSR count). The largest absolute Gasteiger partial charge is 0.317 e. The molecule has 0 unspecified atom stereocenters. The van der Waals surface area contributed by atoms with E-state index < -0.39 is 0 Å². The molecule has 3 heteroatoms. The molecule has 0 amide bonds. The van der Waals surface area contributed by atoms with Gasteiger partial charge in [-0.2, -0.15) is 0 Å². The van der Waals surface area contributed by atoms with Crippen LogP contribution in [0.25, 0.3) is 0 Å². The fraction of sp³-hybridized carbons (Fsp3) is 1.00. The fourth-order valence-electron chi connectivity index (χ4n) is 3.27. The molecule has 0 saturated carbocycles. The van der Waals surface area contributed by atoms with Crippen molar-refractivity contribution in [2.75, 3.05) is 45.8 Å². The second-order valence-electron chi connectivity index (χ2n) is 5.51. The molecule has 0 aromatic heterocycles. The van der Waals surface area contributed by atoms with E-state index in [1.54, 1.807) is 0 Å². The topological polar surface area (TPSA) is 18.5 Å². The van der Waals surface area contributed by atoms with E-state index in [0.717, 1.165) is 6.04 Å². The van der Waals surface area contributed by atoms with Gasteiger partial charge in [0, 0.05) is 6.04 Å². The quantitative estimate of drug-likeness (QED) is 0.758. The predicted molar refractivity (Wildman–Crippen MR) is 73.4 cm³/mol. The standard InChI is InChI=1S/C14H29N3/c1-2-17(14-6-8-15-9-7-14)13-5-12-16-10-3-4-11-16/h14-15H,2-13H2,1H3. The lowest BCUT2D eigenvalue weighted by Gasteiger charge is -2.34. The van der Waals surface area contributed by atoms with E-state index in [2.05, 4.69) is 22.0 Å². The minimum atomic E-state index is 0.847. The molecule has 0 atom stereocenters. The Bertz CT molecular complexity index is 196. The maximum atomic E-state index is 3.46. The van der Waals surface area contributed by atoms with Crippen molar-refractivity contribution < 1.29 is 0 Å². The van der Waals surface area contributed by atoms with Crippen LogP contribution in [0, 0.1) is 0 Å². The molecule has 0 aromatic rings. The molecule has 1 N–H and O–H groups in total. The van der Waals surface area contributed by atoms with E-state index in [4.69, 9.17) is 0 Å². The molecule has 0 aromatic carbocycles. The van der Waals surface area contributed by atoms with Gasteiger partial charge in [-0.1, -0.05) is 6.92 Å². The average Bonchev–Trinajstić information content (AvgIpc) is 2.89. The first-order valence-corrected chi connectivity index (χ1v) is 7.57. The molecule has 0 aliphatic carbocycles. The Morgan fingerprint density at radius 1 is 1.18 bits per heavy atom. The lowest BCUT2D eigenvalue weighted by atomic mass is 10.0. The number of piperidine rings is 1. The highest BCUT2D eigenvalue weighted by molar-refractivity contribution is 4.77. The zero-order valence-corrected chi connectivity index (χ0v) is 11.5. The maximum absolute atomic E-state index is 3.46. The van der Waals surface area contributed by atoms with Crippen LogP contribution in [0.5, 0.6) is 0 Å². The highest BCUT2D eigenvalue weighted by Crippen LogP contribution is 2.13. The summed E-state index contributed by atoms with van der Waals surface area (Å²) in [5, 5.41) is 3.46. The van der Waals surface area contributed by atoms with E-state index in [0.29, 0.717) is 0 Å². The van der Waals surface area contributed by atoms with Gasteiger partial charge >= 0.3 is 0 Å². The first kappa shape index (κ1) is 13.3. The summed E-state index contributed by atoms with van der Waals surface area (Å²) in [7, 11) is 0.